The molecule has 0 spiro atoms. The van der Waals surface area contributed by atoms with Crippen molar-refractivity contribution in [2.24, 2.45) is 29.6 Å². The second-order valence-electron chi connectivity index (χ2n) is 35.2. The molecule has 23 heteroatoms. The predicted octanol–water partition coefficient (Wildman–Crippen LogP) is 24.0. The van der Waals surface area contributed by atoms with Crippen molar-refractivity contribution in [3.63, 3.8) is 0 Å². The van der Waals surface area contributed by atoms with Crippen molar-refractivity contribution in [3.8, 4) is 0 Å². The molecule has 700 valence electrons. The zero-order valence-electron chi connectivity index (χ0n) is 80.3. The molecule has 0 bridgehead atoms. The van der Waals surface area contributed by atoms with Crippen LogP contribution in [0, 0.1) is 104 Å². The summed E-state index contributed by atoms with van der Waals surface area (Å²) in [5.74, 6) is 2.87. The number of methoxy groups -OCH3 is 2. The molecule has 12 aliphatic rings. The molecule has 10 saturated carbocycles. The molecule has 12 unspecified atom stereocenters. The minimum Gasteiger partial charge on any atom is -1.00 e. The Kier molecular flexibility index (Phi) is 138. The molecule has 12 rings (SSSR count). The van der Waals surface area contributed by atoms with E-state index in [1.165, 1.54) is 263 Å². The van der Waals surface area contributed by atoms with Crippen LogP contribution in [-0.4, -0.2) is 146 Å². The third-order valence-electron chi connectivity index (χ3n) is 23.1. The molecule has 0 aromatic heterocycles. The van der Waals surface area contributed by atoms with Gasteiger partial charge in [-0.05, 0) is 85.9 Å². The van der Waals surface area contributed by atoms with Gasteiger partial charge in [0.1, 0.15) is 12.6 Å². The number of aldehydes is 2. The van der Waals surface area contributed by atoms with Crippen molar-refractivity contribution in [1.29, 1.82) is 0 Å². The Hall–Kier alpha value is 4.00. The van der Waals surface area contributed by atoms with Crippen molar-refractivity contribution in [2.75, 3.05) is 60.5 Å². The molecule has 2 aliphatic heterocycles. The Labute approximate surface area is 819 Å². The second kappa shape index (κ2) is 97.6. The average Bonchev–Trinajstić information content (AvgIpc) is 1.65. The minimum atomic E-state index is -1.10. The maximum absolute atomic E-state index is 10.7. The van der Waals surface area contributed by atoms with Crippen LogP contribution < -0.4 is 57.5 Å². The Morgan fingerprint density at radius 1 is 0.360 bits per heavy atom. The molecule has 12 atom stereocenters. The van der Waals surface area contributed by atoms with Gasteiger partial charge < -0.3 is 141 Å². The fourth-order valence-electron chi connectivity index (χ4n) is 17.6. The molecular weight excluding hydrogens is 1730 g/mol. The van der Waals surface area contributed by atoms with E-state index in [2.05, 4.69) is 78.6 Å². The van der Waals surface area contributed by atoms with Gasteiger partial charge in [-0.1, -0.05) is 311 Å². The van der Waals surface area contributed by atoms with Crippen LogP contribution in [0.25, 0.3) is 0 Å². The van der Waals surface area contributed by atoms with Crippen LogP contribution in [0.1, 0.15) is 291 Å². The summed E-state index contributed by atoms with van der Waals surface area (Å²) in [6.45, 7) is 34.1. The maximum atomic E-state index is 10.7. The first-order valence-electron chi connectivity index (χ1n) is 40.7. The molecule has 114 heavy (non-hydrogen) atoms. The SMILES string of the molecule is C.C1CCCC1.C1CCCC1.C1CCCC1.C1CCCC1.C1CCCC1.COCC1CCOC(C2CCCC2)O1.COCC1CCOC(C2CCCC2[Si](C)(C)C)O1.C[Si](C)(C)C1CCCC1C=O.C[Si](C)(C)C1CCCC1C=O.C[Si](C)(C)C1CCCC1COCCCO.N.O.O.[CH3-].[CH3-].[CH3-].[CH3-].[CH3-].[CH3-].[CH3-].[CH3-].[CH3-].[CH3-].[Fe+2].[Fe+2].[Fe+2].[Fe+2].[Fe+2].[H-].[K+]. The van der Waals surface area contributed by atoms with Crippen LogP contribution in [0.5, 0.6) is 0 Å². The van der Waals surface area contributed by atoms with Crippen LogP contribution in [0.3, 0.4) is 0 Å². The first kappa shape index (κ1) is 162. The van der Waals surface area contributed by atoms with Gasteiger partial charge in [0.15, 0.2) is 12.6 Å². The summed E-state index contributed by atoms with van der Waals surface area (Å²) in [6.07, 6.45) is 64.0. The van der Waals surface area contributed by atoms with E-state index >= 15 is 0 Å². The summed E-state index contributed by atoms with van der Waals surface area (Å²) in [6, 6.07) is 0. The first-order valence-corrected chi connectivity index (χ1v) is 55.0. The number of aliphatic hydroxyl groups excluding tert-OH is 1. The van der Waals surface area contributed by atoms with Gasteiger partial charge in [-0.3, -0.25) is 0 Å². The van der Waals surface area contributed by atoms with Crippen molar-refractivity contribution < 1.29 is 197 Å². The van der Waals surface area contributed by atoms with Gasteiger partial charge in [-0.25, -0.2) is 0 Å². The van der Waals surface area contributed by atoms with E-state index in [-0.39, 0.29) is 268 Å². The number of carbonyl (C=O) groups is 2. The predicted molar refractivity (Wildman–Crippen MR) is 496 cm³/mol. The Bertz CT molecular complexity index is 1700. The number of carbonyl (C=O) groups excluding carboxylic acids is 2. The summed E-state index contributed by atoms with van der Waals surface area (Å²) in [7, 11) is -0.697. The third-order valence-corrected chi connectivity index (χ3v) is 34.9. The van der Waals surface area contributed by atoms with E-state index in [1.54, 1.807) is 14.2 Å². The van der Waals surface area contributed by atoms with E-state index < -0.39 is 32.3 Å². The van der Waals surface area contributed by atoms with Gasteiger partial charge in [0.25, 0.3) is 0 Å². The maximum Gasteiger partial charge on any atom is 2.00 e. The molecule has 13 nitrogen and oxygen atoms in total. The molecule has 0 radical (unpaired) electrons. The molecule has 0 aromatic carbocycles. The van der Waals surface area contributed by atoms with Crippen molar-refractivity contribution in [3.05, 3.63) is 74.3 Å². The molecule has 0 aromatic rings. The number of ether oxygens (including phenoxy) is 7. The smallest absolute Gasteiger partial charge is 1.00 e. The Morgan fingerprint density at radius 3 is 0.912 bits per heavy atom. The monoisotopic (exact) mass is 1930 g/mol. The van der Waals surface area contributed by atoms with Crippen LogP contribution in [0.15, 0.2) is 0 Å². The number of hydrogen-bond donors (Lipinski definition) is 2. The summed E-state index contributed by atoms with van der Waals surface area (Å²) < 4.78 is 39.5. The summed E-state index contributed by atoms with van der Waals surface area (Å²) in [4.78, 5) is 21.4. The van der Waals surface area contributed by atoms with Crippen LogP contribution in [0.2, 0.25) is 101 Å². The second-order valence-corrected chi connectivity index (χ2v) is 57.1. The molecule has 8 N–H and O–H groups in total. The van der Waals surface area contributed by atoms with Gasteiger partial charge >= 0.3 is 137 Å². The van der Waals surface area contributed by atoms with E-state index in [0.717, 1.165) is 86.6 Å². The van der Waals surface area contributed by atoms with Gasteiger partial charge in [0.05, 0.1) is 38.6 Å². The summed E-state index contributed by atoms with van der Waals surface area (Å²) >= 11 is 0. The summed E-state index contributed by atoms with van der Waals surface area (Å²) in [5, 5.41) is 8.67. The molecular formula is C91H202Fe5KNO12Si4. The van der Waals surface area contributed by atoms with Gasteiger partial charge in [0, 0.05) is 90.0 Å². The zero-order valence-corrected chi connectivity index (χ0v) is 92.0. The fourth-order valence-corrected chi connectivity index (χ4v) is 28.2. The normalized spacial score (nSPS) is 25.4. The molecule has 10 aliphatic carbocycles. The third kappa shape index (κ3) is 74.0. The minimum absolute atomic E-state index is 0. The quantitative estimate of drug-likeness (QED) is 0.0604. The summed E-state index contributed by atoms with van der Waals surface area (Å²) in [5.41, 5.74) is 3.33. The number of aliphatic hydroxyl groups is 1. The average molecular weight is 1930 g/mol. The van der Waals surface area contributed by atoms with Crippen LogP contribution in [-0.2, 0) is 128 Å². The van der Waals surface area contributed by atoms with E-state index in [9.17, 15) is 9.59 Å². The fraction of sp³-hybridized carbons (Fsp3) is 0.868. The van der Waals surface area contributed by atoms with Gasteiger partial charge in [-0.2, -0.15) is 0 Å². The van der Waals surface area contributed by atoms with Gasteiger partial charge in [0.2, 0.25) is 0 Å². The number of hydrogen-bond acceptors (Lipinski definition) is 11. The van der Waals surface area contributed by atoms with E-state index in [4.69, 9.17) is 38.3 Å². The van der Waals surface area contributed by atoms with Crippen molar-refractivity contribution in [2.45, 2.75) is 415 Å². The standard InChI is InChI=1S/C14H28O3Si.C12H26O2Si.C11H20O3.2C9H18OSi.5C5H10.CH4.10CH3.5Fe.K.H3N.2H2O.H/c1-15-10-11-8-9-16-14(17-11)12-6-5-7-13(12)18(2,3)4;1-15(2,3)12-7-4-6-11(12)10-14-9-5-8-13;1-12-8-10-6-7-13-11(14-10)9-4-2-3-5-9;2*1-11(2,3)9-6-4-5-8(9)7-10;5*1-2-4-5-3-1;;;;;;;;;;;;;;;;;;;;;/h11-14H,5-10H2,1-4H3;11-13H,4-10H2,1-3H3;9-11H,2-8H2,1H3;2*7-9H,4-6H2,1-3H3;5*1-5H2;1H4;10*1H3;;;;;;;1H3;2*1H2;/q;;;;;;;;;;;10*-1;5*+2;+1;;;;-1. The first-order chi connectivity index (χ1) is 45.1. The molecule has 2 heterocycles. The topological polar surface area (TPSA) is 217 Å². The Morgan fingerprint density at radius 2 is 0.632 bits per heavy atom. The van der Waals surface area contributed by atoms with E-state index in [1.807, 2.05) is 0 Å². The van der Waals surface area contributed by atoms with Crippen molar-refractivity contribution in [1.82, 2.24) is 6.15 Å². The van der Waals surface area contributed by atoms with Crippen LogP contribution >= 0.6 is 0 Å². The molecule has 0 amide bonds. The Balaban J connectivity index is -0.0000000527. The largest absolute Gasteiger partial charge is 2.00 e. The van der Waals surface area contributed by atoms with Crippen molar-refractivity contribution >= 4 is 44.9 Å². The van der Waals surface area contributed by atoms with Gasteiger partial charge in [-0.15, -0.1) is 0 Å². The van der Waals surface area contributed by atoms with Crippen LogP contribution in [0.4, 0.5) is 0 Å². The molecule has 12 fully saturated rings. The number of rotatable bonds is 17. The van der Waals surface area contributed by atoms with E-state index in [0.29, 0.717) is 36.9 Å². The zero-order chi connectivity index (χ0) is 68.9. The molecule has 2 saturated heterocycles.